The van der Waals surface area contributed by atoms with Gasteiger partial charge in [-0.15, -0.1) is 0 Å². The maximum atomic E-state index is 8.95. The van der Waals surface area contributed by atoms with E-state index in [2.05, 4.69) is 32.0 Å². The van der Waals surface area contributed by atoms with Gasteiger partial charge in [0.15, 0.2) is 0 Å². The van der Waals surface area contributed by atoms with Crippen molar-refractivity contribution in [3.8, 4) is 0 Å². The van der Waals surface area contributed by atoms with Crippen molar-refractivity contribution in [3.63, 3.8) is 0 Å². The fraction of sp³-hybridized carbons (Fsp3) is 0.727. The van der Waals surface area contributed by atoms with Crippen LogP contribution in [0.25, 0.3) is 0 Å². The van der Waals surface area contributed by atoms with Gasteiger partial charge in [0.1, 0.15) is 0 Å². The minimum absolute atomic E-state index is 0.319. The van der Waals surface area contributed by atoms with Gasteiger partial charge in [-0.2, -0.15) is 0 Å². The topological polar surface area (TPSA) is 20.2 Å². The number of aliphatic hydroxyl groups is 1. The highest BCUT2D eigenvalue weighted by molar-refractivity contribution is 5.32. The Kier molecular flexibility index (Phi) is 12.0. The lowest BCUT2D eigenvalue weighted by atomic mass is 9.93. The van der Waals surface area contributed by atoms with Crippen molar-refractivity contribution in [3.05, 3.63) is 34.9 Å². The Morgan fingerprint density at radius 2 is 1.26 bits per heavy atom. The van der Waals surface area contributed by atoms with Crippen LogP contribution in [-0.2, 0) is 19.3 Å². The maximum absolute atomic E-state index is 8.95. The van der Waals surface area contributed by atoms with E-state index in [1.54, 1.807) is 11.1 Å². The molecular formula is C22H38O. The van der Waals surface area contributed by atoms with Crippen LogP contribution in [-0.4, -0.2) is 11.7 Å². The average molecular weight is 319 g/mol. The lowest BCUT2D eigenvalue weighted by Crippen LogP contribution is -1.98. The highest BCUT2D eigenvalue weighted by Crippen LogP contribution is 2.20. The summed E-state index contributed by atoms with van der Waals surface area (Å²) >= 11 is 0. The molecule has 1 N–H and O–H groups in total. The van der Waals surface area contributed by atoms with E-state index in [9.17, 15) is 0 Å². The predicted octanol–water partition coefficient (Wildman–Crippen LogP) is 6.25. The van der Waals surface area contributed by atoms with E-state index < -0.39 is 0 Å². The van der Waals surface area contributed by atoms with Crippen LogP contribution in [0.4, 0.5) is 0 Å². The van der Waals surface area contributed by atoms with Gasteiger partial charge in [-0.1, -0.05) is 70.6 Å². The van der Waals surface area contributed by atoms with E-state index >= 15 is 0 Å². The van der Waals surface area contributed by atoms with Crippen molar-refractivity contribution in [2.75, 3.05) is 6.61 Å². The number of unbranched alkanes of at least 4 members (excludes halogenated alkanes) is 7. The summed E-state index contributed by atoms with van der Waals surface area (Å²) in [6.45, 7) is 4.88. The van der Waals surface area contributed by atoms with Gasteiger partial charge < -0.3 is 5.11 Å². The molecule has 1 rings (SSSR count). The van der Waals surface area contributed by atoms with Gasteiger partial charge in [0.05, 0.1) is 0 Å². The second-order valence-corrected chi connectivity index (χ2v) is 6.91. The van der Waals surface area contributed by atoms with Crippen LogP contribution < -0.4 is 0 Å². The molecule has 0 unspecified atom stereocenters. The molecule has 1 heteroatoms. The number of aryl methyl sites for hydroxylation is 3. The number of benzene rings is 1. The van der Waals surface area contributed by atoms with Gasteiger partial charge in [0, 0.05) is 6.61 Å². The van der Waals surface area contributed by atoms with Crippen LogP contribution >= 0.6 is 0 Å². The summed E-state index contributed by atoms with van der Waals surface area (Å²) in [5.74, 6) is 0. The number of rotatable bonds is 14. The van der Waals surface area contributed by atoms with E-state index in [-0.39, 0.29) is 0 Å². The Hall–Kier alpha value is -0.820. The second kappa shape index (κ2) is 13.6. The number of hydrogen-bond donors (Lipinski definition) is 1. The smallest absolute Gasteiger partial charge is 0.0431 e. The molecule has 0 amide bonds. The van der Waals surface area contributed by atoms with Crippen molar-refractivity contribution in [1.29, 1.82) is 0 Å². The molecule has 1 aromatic carbocycles. The fourth-order valence-electron chi connectivity index (χ4n) is 3.24. The summed E-state index contributed by atoms with van der Waals surface area (Å²) in [5, 5.41) is 8.95. The maximum Gasteiger partial charge on any atom is 0.0431 e. The Balaban J connectivity index is 2.60. The quantitative estimate of drug-likeness (QED) is 0.402. The summed E-state index contributed by atoms with van der Waals surface area (Å²) < 4.78 is 0. The first kappa shape index (κ1) is 20.2. The number of aliphatic hydroxyl groups excluding tert-OH is 1. The molecule has 0 heterocycles. The van der Waals surface area contributed by atoms with Crippen LogP contribution in [0.1, 0.15) is 94.7 Å². The lowest BCUT2D eigenvalue weighted by molar-refractivity contribution is 0.284. The monoisotopic (exact) mass is 318 g/mol. The molecule has 0 aliphatic carbocycles. The zero-order valence-electron chi connectivity index (χ0n) is 15.6. The molecule has 0 aliphatic rings. The lowest BCUT2D eigenvalue weighted by Gasteiger charge is -2.12. The van der Waals surface area contributed by atoms with Gasteiger partial charge in [-0.05, 0) is 61.6 Å². The van der Waals surface area contributed by atoms with Crippen LogP contribution in [0.3, 0.4) is 0 Å². The molecule has 1 aromatic rings. The molecule has 0 saturated heterocycles. The van der Waals surface area contributed by atoms with E-state index in [1.807, 2.05) is 0 Å². The molecule has 1 nitrogen and oxygen atoms in total. The zero-order valence-corrected chi connectivity index (χ0v) is 15.6. The summed E-state index contributed by atoms with van der Waals surface area (Å²) in [6, 6.07) is 7.16. The molecule has 0 bridgehead atoms. The SMILES string of the molecule is CCCCCCc1ccc(CCCCO)cc1CCCCCC. The third-order valence-corrected chi connectivity index (χ3v) is 4.74. The van der Waals surface area contributed by atoms with Crippen molar-refractivity contribution in [1.82, 2.24) is 0 Å². The van der Waals surface area contributed by atoms with Gasteiger partial charge in [0.2, 0.25) is 0 Å². The Morgan fingerprint density at radius 3 is 1.87 bits per heavy atom. The van der Waals surface area contributed by atoms with E-state index in [0.29, 0.717) is 6.61 Å². The molecule has 0 aliphatic heterocycles. The average Bonchev–Trinajstić information content (AvgIpc) is 2.57. The predicted molar refractivity (Wildman–Crippen MR) is 102 cm³/mol. The number of hydrogen-bond acceptors (Lipinski definition) is 1. The zero-order chi connectivity index (χ0) is 16.8. The van der Waals surface area contributed by atoms with Gasteiger partial charge >= 0.3 is 0 Å². The molecule has 0 aromatic heterocycles. The van der Waals surface area contributed by atoms with Crippen LogP contribution in [0.15, 0.2) is 18.2 Å². The summed E-state index contributed by atoms with van der Waals surface area (Å²) in [6.07, 6.45) is 16.4. The summed E-state index contributed by atoms with van der Waals surface area (Å²) in [4.78, 5) is 0. The van der Waals surface area contributed by atoms with Crippen molar-refractivity contribution in [2.45, 2.75) is 97.3 Å². The second-order valence-electron chi connectivity index (χ2n) is 6.91. The highest BCUT2D eigenvalue weighted by atomic mass is 16.2. The Morgan fingerprint density at radius 1 is 0.652 bits per heavy atom. The van der Waals surface area contributed by atoms with E-state index in [0.717, 1.165) is 19.3 Å². The minimum atomic E-state index is 0.319. The van der Waals surface area contributed by atoms with Crippen molar-refractivity contribution < 1.29 is 5.11 Å². The van der Waals surface area contributed by atoms with Crippen molar-refractivity contribution >= 4 is 0 Å². The molecule has 132 valence electrons. The molecule has 0 spiro atoms. The third kappa shape index (κ3) is 9.15. The van der Waals surface area contributed by atoms with E-state index in [1.165, 1.54) is 69.8 Å². The summed E-state index contributed by atoms with van der Waals surface area (Å²) in [5.41, 5.74) is 4.64. The van der Waals surface area contributed by atoms with Gasteiger partial charge in [-0.25, -0.2) is 0 Å². The molecule has 0 saturated carbocycles. The largest absolute Gasteiger partial charge is 0.396 e. The molecular weight excluding hydrogens is 280 g/mol. The van der Waals surface area contributed by atoms with Gasteiger partial charge in [0.25, 0.3) is 0 Å². The molecule has 0 atom stereocenters. The first-order valence-corrected chi connectivity index (χ1v) is 10.0. The van der Waals surface area contributed by atoms with Crippen LogP contribution in [0.5, 0.6) is 0 Å². The normalized spacial score (nSPS) is 11.1. The molecule has 0 radical (unpaired) electrons. The van der Waals surface area contributed by atoms with E-state index in [4.69, 9.17) is 5.11 Å². The highest BCUT2D eigenvalue weighted by Gasteiger charge is 2.05. The van der Waals surface area contributed by atoms with Gasteiger partial charge in [-0.3, -0.25) is 0 Å². The fourth-order valence-corrected chi connectivity index (χ4v) is 3.24. The third-order valence-electron chi connectivity index (χ3n) is 4.74. The minimum Gasteiger partial charge on any atom is -0.396 e. The Bertz CT molecular complexity index is 397. The summed E-state index contributed by atoms with van der Waals surface area (Å²) in [7, 11) is 0. The molecule has 23 heavy (non-hydrogen) atoms. The van der Waals surface area contributed by atoms with Crippen LogP contribution in [0, 0.1) is 0 Å². The van der Waals surface area contributed by atoms with Crippen molar-refractivity contribution in [2.24, 2.45) is 0 Å². The van der Waals surface area contributed by atoms with Crippen LogP contribution in [0.2, 0.25) is 0 Å². The standard InChI is InChI=1S/C22H38O/c1-3-5-7-9-14-21-17-16-20(13-11-12-18-23)19-22(21)15-10-8-6-4-2/h16-17,19,23H,3-15,18H2,1-2H3. The first-order chi connectivity index (χ1) is 11.3. The Labute approximate surface area is 144 Å². The molecule has 0 fully saturated rings. The first-order valence-electron chi connectivity index (χ1n) is 10.0.